The zero-order chi connectivity index (χ0) is 16.8. The summed E-state index contributed by atoms with van der Waals surface area (Å²) < 4.78 is 0. The summed E-state index contributed by atoms with van der Waals surface area (Å²) in [4.78, 5) is 15.9. The number of aliphatic hydroxyl groups is 1. The van der Waals surface area contributed by atoms with Gasteiger partial charge in [0, 0.05) is 36.5 Å². The first-order valence-corrected chi connectivity index (χ1v) is 9.69. The zero-order valence-corrected chi connectivity index (χ0v) is 14.8. The minimum Gasteiger partial charge on any atom is -0.396 e. The smallest absolute Gasteiger partial charge is 0.315 e. The lowest BCUT2D eigenvalue weighted by atomic mass is 9.97. The Morgan fingerprint density at radius 1 is 1.33 bits per heavy atom. The third kappa shape index (κ3) is 5.06. The Hall–Kier alpha value is -1.37. The number of urea groups is 1. The molecule has 6 heteroatoms. The van der Waals surface area contributed by atoms with E-state index in [1.807, 2.05) is 23.5 Å². The first-order chi connectivity index (χ1) is 11.7. The Morgan fingerprint density at radius 2 is 2.17 bits per heavy atom. The summed E-state index contributed by atoms with van der Waals surface area (Å²) in [6.45, 7) is 4.17. The molecule has 0 radical (unpaired) electrons. The molecule has 132 valence electrons. The highest BCUT2D eigenvalue weighted by molar-refractivity contribution is 7.09. The molecule has 1 aliphatic carbocycles. The SMILES string of the molecule is O=C(NCC1CCN(Cc2cccs2)CC1)N[C@@H]1C=C[C@H](CO)C1. The van der Waals surface area contributed by atoms with Crippen molar-refractivity contribution in [2.45, 2.75) is 31.8 Å². The van der Waals surface area contributed by atoms with Crippen LogP contribution in [-0.4, -0.2) is 48.3 Å². The summed E-state index contributed by atoms with van der Waals surface area (Å²) in [5.41, 5.74) is 0. The van der Waals surface area contributed by atoms with Crippen LogP contribution < -0.4 is 10.6 Å². The van der Waals surface area contributed by atoms with Crippen LogP contribution in [0.15, 0.2) is 29.7 Å². The van der Waals surface area contributed by atoms with Gasteiger partial charge in [0.05, 0.1) is 0 Å². The first-order valence-electron chi connectivity index (χ1n) is 8.81. The van der Waals surface area contributed by atoms with Crippen LogP contribution in [0.2, 0.25) is 0 Å². The van der Waals surface area contributed by atoms with Gasteiger partial charge in [0.15, 0.2) is 0 Å². The van der Waals surface area contributed by atoms with Crippen LogP contribution in [0.1, 0.15) is 24.1 Å². The average molecular weight is 350 g/mol. The molecule has 2 heterocycles. The second-order valence-electron chi connectivity index (χ2n) is 6.82. The van der Waals surface area contributed by atoms with E-state index in [1.165, 1.54) is 4.88 Å². The van der Waals surface area contributed by atoms with Crippen molar-refractivity contribution < 1.29 is 9.90 Å². The van der Waals surface area contributed by atoms with Crippen molar-refractivity contribution in [3.63, 3.8) is 0 Å². The van der Waals surface area contributed by atoms with E-state index < -0.39 is 0 Å². The molecule has 2 atom stereocenters. The van der Waals surface area contributed by atoms with Crippen molar-refractivity contribution in [3.8, 4) is 0 Å². The van der Waals surface area contributed by atoms with Crippen molar-refractivity contribution in [3.05, 3.63) is 34.5 Å². The van der Waals surface area contributed by atoms with E-state index in [0.29, 0.717) is 5.92 Å². The predicted octanol–water partition coefficient (Wildman–Crippen LogP) is 2.20. The normalized spacial score (nSPS) is 25.0. The summed E-state index contributed by atoms with van der Waals surface area (Å²) in [6, 6.07) is 4.26. The molecule has 1 aromatic rings. The van der Waals surface area contributed by atoms with Crippen LogP contribution in [0, 0.1) is 11.8 Å². The number of nitrogens with zero attached hydrogens (tertiary/aromatic N) is 1. The van der Waals surface area contributed by atoms with Gasteiger partial charge in [-0.15, -0.1) is 11.3 Å². The van der Waals surface area contributed by atoms with Crippen LogP contribution >= 0.6 is 11.3 Å². The van der Waals surface area contributed by atoms with E-state index >= 15 is 0 Å². The highest BCUT2D eigenvalue weighted by atomic mass is 32.1. The molecule has 1 saturated heterocycles. The fraction of sp³-hybridized carbons (Fsp3) is 0.611. The maximum absolute atomic E-state index is 12.0. The second kappa shape index (κ2) is 8.65. The highest BCUT2D eigenvalue weighted by Crippen LogP contribution is 2.20. The van der Waals surface area contributed by atoms with Gasteiger partial charge in [0.1, 0.15) is 0 Å². The summed E-state index contributed by atoms with van der Waals surface area (Å²) >= 11 is 1.82. The molecule has 0 unspecified atom stereocenters. The number of carbonyl (C=O) groups is 1. The van der Waals surface area contributed by atoms with Crippen LogP contribution in [0.25, 0.3) is 0 Å². The number of piperidine rings is 1. The van der Waals surface area contributed by atoms with Crippen molar-refractivity contribution in [1.29, 1.82) is 0 Å². The molecule has 5 nitrogen and oxygen atoms in total. The Balaban J connectivity index is 1.30. The van der Waals surface area contributed by atoms with Gasteiger partial charge in [-0.2, -0.15) is 0 Å². The molecule has 0 aromatic carbocycles. The Bertz CT molecular complexity index is 538. The molecule has 24 heavy (non-hydrogen) atoms. The molecule has 0 saturated carbocycles. The van der Waals surface area contributed by atoms with Crippen LogP contribution in [0.3, 0.4) is 0 Å². The summed E-state index contributed by atoms with van der Waals surface area (Å²) in [5, 5.41) is 17.2. The number of likely N-dealkylation sites (tertiary alicyclic amines) is 1. The zero-order valence-electron chi connectivity index (χ0n) is 14.0. The van der Waals surface area contributed by atoms with Crippen molar-refractivity contribution in [2.75, 3.05) is 26.2 Å². The lowest BCUT2D eigenvalue weighted by molar-refractivity contribution is 0.175. The molecule has 1 aromatic heterocycles. The van der Waals surface area contributed by atoms with Gasteiger partial charge >= 0.3 is 6.03 Å². The Labute approximate surface area is 147 Å². The predicted molar refractivity (Wildman–Crippen MR) is 97.0 cm³/mol. The molecule has 3 rings (SSSR count). The van der Waals surface area contributed by atoms with Crippen molar-refractivity contribution in [1.82, 2.24) is 15.5 Å². The fourth-order valence-electron chi connectivity index (χ4n) is 3.45. The standard InChI is InChI=1S/C18H27N3O2S/c22-13-15-3-4-16(10-15)20-18(23)19-11-14-5-7-21(8-6-14)12-17-2-1-9-24-17/h1-4,9,14-16,22H,5-8,10-13H2,(H2,19,20,23)/t15-,16+/m0/s1. The molecular formula is C18H27N3O2S. The molecule has 1 fully saturated rings. The minimum absolute atomic E-state index is 0.0507. The van der Waals surface area contributed by atoms with Gasteiger partial charge in [0.25, 0.3) is 0 Å². The Morgan fingerprint density at radius 3 is 2.83 bits per heavy atom. The number of thiophene rings is 1. The van der Waals surface area contributed by atoms with E-state index in [2.05, 4.69) is 33.0 Å². The molecule has 0 bridgehead atoms. The first kappa shape index (κ1) is 17.5. The summed E-state index contributed by atoms with van der Waals surface area (Å²) in [5.74, 6) is 0.752. The Kier molecular flexibility index (Phi) is 6.29. The largest absolute Gasteiger partial charge is 0.396 e. The van der Waals surface area contributed by atoms with Gasteiger partial charge in [-0.05, 0) is 49.7 Å². The molecule has 1 aliphatic heterocycles. The van der Waals surface area contributed by atoms with Crippen molar-refractivity contribution in [2.24, 2.45) is 11.8 Å². The van der Waals surface area contributed by atoms with E-state index in [4.69, 9.17) is 5.11 Å². The molecular weight excluding hydrogens is 322 g/mol. The number of nitrogens with one attached hydrogen (secondary N) is 2. The molecule has 2 amide bonds. The average Bonchev–Trinajstić information content (AvgIpc) is 3.26. The summed E-state index contributed by atoms with van der Waals surface area (Å²) in [6.07, 6.45) is 7.03. The van der Waals surface area contributed by atoms with Crippen LogP contribution in [0.4, 0.5) is 4.79 Å². The number of hydrogen-bond donors (Lipinski definition) is 3. The number of hydrogen-bond acceptors (Lipinski definition) is 4. The van der Waals surface area contributed by atoms with Crippen molar-refractivity contribution >= 4 is 17.4 Å². The van der Waals surface area contributed by atoms with E-state index in [1.54, 1.807) is 0 Å². The number of carbonyl (C=O) groups excluding carboxylic acids is 1. The maximum Gasteiger partial charge on any atom is 0.315 e. The summed E-state index contributed by atoms with van der Waals surface area (Å²) in [7, 11) is 0. The minimum atomic E-state index is -0.0933. The quantitative estimate of drug-likeness (QED) is 0.690. The van der Waals surface area contributed by atoms with Gasteiger partial charge in [-0.3, -0.25) is 4.90 Å². The highest BCUT2D eigenvalue weighted by Gasteiger charge is 2.22. The maximum atomic E-state index is 12.0. The molecule has 0 spiro atoms. The third-order valence-corrected chi connectivity index (χ3v) is 5.80. The van der Waals surface area contributed by atoms with Gasteiger partial charge in [-0.1, -0.05) is 18.2 Å². The topological polar surface area (TPSA) is 64.6 Å². The molecule has 3 N–H and O–H groups in total. The van der Waals surface area contributed by atoms with Crippen LogP contribution in [-0.2, 0) is 6.54 Å². The van der Waals surface area contributed by atoms with Crippen LogP contribution in [0.5, 0.6) is 0 Å². The van der Waals surface area contributed by atoms with Gasteiger partial charge in [-0.25, -0.2) is 4.79 Å². The van der Waals surface area contributed by atoms with Gasteiger partial charge < -0.3 is 15.7 Å². The monoisotopic (exact) mass is 349 g/mol. The van der Waals surface area contributed by atoms with Gasteiger partial charge in [0.2, 0.25) is 0 Å². The number of amides is 2. The lowest BCUT2D eigenvalue weighted by Crippen LogP contribution is -2.44. The van der Waals surface area contributed by atoms with E-state index in [-0.39, 0.29) is 24.6 Å². The second-order valence-corrected chi connectivity index (χ2v) is 7.86. The van der Waals surface area contributed by atoms with E-state index in [0.717, 1.165) is 45.4 Å². The third-order valence-electron chi connectivity index (χ3n) is 4.94. The van der Waals surface area contributed by atoms with E-state index in [9.17, 15) is 4.79 Å². The molecule has 2 aliphatic rings. The fourth-order valence-corrected chi connectivity index (χ4v) is 4.19. The lowest BCUT2D eigenvalue weighted by Gasteiger charge is -2.31. The number of aliphatic hydroxyl groups excluding tert-OH is 1. The number of rotatable bonds is 6.